The molecule has 0 saturated heterocycles. The van der Waals surface area contributed by atoms with Crippen LogP contribution in [0.4, 0.5) is 18.9 Å². The van der Waals surface area contributed by atoms with Gasteiger partial charge in [0.1, 0.15) is 5.82 Å². The number of nitrogens with one attached hydrogen (secondary N) is 3. The highest BCUT2D eigenvalue weighted by Gasteiger charge is 2.25. The lowest BCUT2D eigenvalue weighted by atomic mass is 9.94. The molecule has 0 saturated carbocycles. The number of hydrogen-bond donors (Lipinski definition) is 3. The minimum Gasteiger partial charge on any atom is -0.388 e. The van der Waals surface area contributed by atoms with Crippen molar-refractivity contribution >= 4 is 28.1 Å². The quantitative estimate of drug-likeness (QED) is 0.197. The third-order valence-corrected chi connectivity index (χ3v) is 6.23. The average Bonchev–Trinajstić information content (AvgIpc) is 3.40. The van der Waals surface area contributed by atoms with Crippen molar-refractivity contribution in [1.82, 2.24) is 14.9 Å². The Hall–Kier alpha value is -4.79. The Kier molecular flexibility index (Phi) is 10.9. The van der Waals surface area contributed by atoms with E-state index >= 15 is 0 Å². The molecule has 214 valence electrons. The lowest BCUT2D eigenvalue weighted by Crippen LogP contribution is -2.29. The van der Waals surface area contributed by atoms with E-state index in [1.807, 2.05) is 37.4 Å². The predicted octanol–water partition coefficient (Wildman–Crippen LogP) is 6.76. The predicted molar refractivity (Wildman–Crippen MR) is 159 cm³/mol. The van der Waals surface area contributed by atoms with E-state index < -0.39 is 30.5 Å². The highest BCUT2D eigenvalue weighted by atomic mass is 19.3. The summed E-state index contributed by atoms with van der Waals surface area (Å²) in [6.07, 6.45) is 3.16. The Balaban J connectivity index is 0.000000496. The van der Waals surface area contributed by atoms with E-state index in [1.165, 1.54) is 16.7 Å². The number of pyridine rings is 1. The van der Waals surface area contributed by atoms with Gasteiger partial charge in [-0.1, -0.05) is 49.1 Å². The first-order chi connectivity index (χ1) is 19.6. The van der Waals surface area contributed by atoms with Crippen molar-refractivity contribution in [2.24, 2.45) is 7.05 Å². The summed E-state index contributed by atoms with van der Waals surface area (Å²) in [5.74, 6) is -2.28. The summed E-state index contributed by atoms with van der Waals surface area (Å²) in [6.45, 7) is 5.33. The number of carbonyl (C=O) groups is 1. The number of aromatic nitrogens is 2. The standard InChI is InChI=1S/C25H24F3N3O2.C7H9N/c1-4-5-17(22-13-20-21(30-22)10-11-31(3)25(20)33)12-15(2)29-24(32)19(14-23(27)28)16-6-8-18(26)9-7-16;1-8-7-5-3-2-4-6-7/h4-13,19,23,30H,1,14H2,2-3H3,(H,29,32);2-6,8H,1H3/b15-12+,17-5+;. The van der Waals surface area contributed by atoms with E-state index in [-0.39, 0.29) is 5.56 Å². The van der Waals surface area contributed by atoms with Gasteiger partial charge in [-0.3, -0.25) is 9.59 Å². The summed E-state index contributed by atoms with van der Waals surface area (Å²) in [5, 5.41) is 6.19. The van der Waals surface area contributed by atoms with Crippen LogP contribution in [0.25, 0.3) is 16.5 Å². The first kappa shape index (κ1) is 30.7. The van der Waals surface area contributed by atoms with Crippen molar-refractivity contribution in [3.63, 3.8) is 0 Å². The molecule has 0 aliphatic rings. The van der Waals surface area contributed by atoms with Gasteiger partial charge in [0, 0.05) is 43.8 Å². The zero-order valence-corrected chi connectivity index (χ0v) is 23.1. The Morgan fingerprint density at radius 2 is 1.78 bits per heavy atom. The van der Waals surface area contributed by atoms with E-state index in [0.29, 0.717) is 33.4 Å². The number of benzene rings is 2. The van der Waals surface area contributed by atoms with Gasteiger partial charge >= 0.3 is 0 Å². The molecule has 1 unspecified atom stereocenters. The van der Waals surface area contributed by atoms with Gasteiger partial charge < -0.3 is 20.2 Å². The first-order valence-corrected chi connectivity index (χ1v) is 12.9. The maximum atomic E-state index is 13.2. The van der Waals surface area contributed by atoms with Crippen molar-refractivity contribution in [2.75, 3.05) is 12.4 Å². The van der Waals surface area contributed by atoms with Crippen LogP contribution < -0.4 is 16.2 Å². The summed E-state index contributed by atoms with van der Waals surface area (Å²) in [4.78, 5) is 28.3. The number of H-pyrrole nitrogens is 1. The highest BCUT2D eigenvalue weighted by molar-refractivity contribution is 5.88. The largest absolute Gasteiger partial charge is 0.388 e. The number of allylic oxidation sites excluding steroid dienone is 5. The summed E-state index contributed by atoms with van der Waals surface area (Å²) >= 11 is 0. The number of anilines is 1. The summed E-state index contributed by atoms with van der Waals surface area (Å²) in [6, 6.07) is 18.5. The minimum atomic E-state index is -2.71. The molecule has 2 heterocycles. The van der Waals surface area contributed by atoms with Gasteiger partial charge in [-0.05, 0) is 60.5 Å². The smallest absolute Gasteiger partial charge is 0.259 e. The Morgan fingerprint density at radius 1 is 1.10 bits per heavy atom. The lowest BCUT2D eigenvalue weighted by molar-refractivity contribution is -0.122. The van der Waals surface area contributed by atoms with E-state index in [0.717, 1.165) is 17.8 Å². The number of alkyl halides is 2. The number of halogens is 3. The van der Waals surface area contributed by atoms with Crippen LogP contribution in [0.5, 0.6) is 0 Å². The lowest BCUT2D eigenvalue weighted by Gasteiger charge is -2.17. The molecule has 41 heavy (non-hydrogen) atoms. The molecule has 3 N–H and O–H groups in total. The molecular formula is C32H33F3N4O2. The SMILES string of the molecule is C=C/C=C(\C=C(/C)NC(=O)C(CC(F)F)c1ccc(F)cc1)c1cc2c(=O)n(C)ccc2[nH]1.CNc1ccccc1. The van der Waals surface area contributed by atoms with Crippen LogP contribution in [0.3, 0.4) is 0 Å². The van der Waals surface area contributed by atoms with Gasteiger partial charge in [0.05, 0.1) is 16.8 Å². The third kappa shape index (κ3) is 8.60. The highest BCUT2D eigenvalue weighted by Crippen LogP contribution is 2.25. The second kappa shape index (κ2) is 14.6. The van der Waals surface area contributed by atoms with Crippen molar-refractivity contribution < 1.29 is 18.0 Å². The zero-order chi connectivity index (χ0) is 29.9. The second-order valence-electron chi connectivity index (χ2n) is 9.26. The number of rotatable bonds is 9. The fourth-order valence-corrected chi connectivity index (χ4v) is 4.14. The zero-order valence-electron chi connectivity index (χ0n) is 23.1. The van der Waals surface area contributed by atoms with E-state index in [1.54, 1.807) is 50.5 Å². The molecule has 0 spiro atoms. The molecular weight excluding hydrogens is 529 g/mol. The maximum absolute atomic E-state index is 13.2. The fourth-order valence-electron chi connectivity index (χ4n) is 4.14. The number of aryl methyl sites for hydroxylation is 1. The van der Waals surface area contributed by atoms with Crippen LogP contribution >= 0.6 is 0 Å². The van der Waals surface area contributed by atoms with Gasteiger partial charge in [-0.25, -0.2) is 13.2 Å². The van der Waals surface area contributed by atoms with Crippen LogP contribution in [0.2, 0.25) is 0 Å². The molecule has 2 aromatic heterocycles. The van der Waals surface area contributed by atoms with Gasteiger partial charge in [0.2, 0.25) is 12.3 Å². The Morgan fingerprint density at radius 3 is 2.37 bits per heavy atom. The molecule has 2 aromatic carbocycles. The van der Waals surface area contributed by atoms with E-state index in [2.05, 4.69) is 22.2 Å². The monoisotopic (exact) mass is 562 g/mol. The molecule has 4 aromatic rings. The molecule has 4 rings (SSSR count). The van der Waals surface area contributed by atoms with Gasteiger partial charge in [-0.15, -0.1) is 0 Å². The van der Waals surface area contributed by atoms with Crippen molar-refractivity contribution in [1.29, 1.82) is 0 Å². The van der Waals surface area contributed by atoms with E-state index in [4.69, 9.17) is 0 Å². The summed E-state index contributed by atoms with van der Waals surface area (Å²) < 4.78 is 40.9. The van der Waals surface area contributed by atoms with Crippen molar-refractivity contribution in [2.45, 2.75) is 25.7 Å². The number of amides is 1. The second-order valence-corrected chi connectivity index (χ2v) is 9.26. The number of para-hydroxylation sites is 1. The maximum Gasteiger partial charge on any atom is 0.259 e. The Bertz CT molecular complexity index is 1590. The summed E-state index contributed by atoms with van der Waals surface area (Å²) in [5.41, 5.74) is 3.63. The van der Waals surface area contributed by atoms with Crippen LogP contribution in [-0.4, -0.2) is 28.9 Å². The number of aromatic amines is 1. The molecule has 0 aliphatic carbocycles. The average molecular weight is 563 g/mol. The van der Waals surface area contributed by atoms with E-state index in [9.17, 15) is 22.8 Å². The van der Waals surface area contributed by atoms with Crippen LogP contribution in [0.15, 0.2) is 108 Å². The first-order valence-electron chi connectivity index (χ1n) is 12.9. The van der Waals surface area contributed by atoms with Crippen LogP contribution in [0.1, 0.15) is 30.5 Å². The fraction of sp³-hybridized carbons (Fsp3) is 0.188. The minimum absolute atomic E-state index is 0.156. The molecule has 6 nitrogen and oxygen atoms in total. The number of fused-ring (bicyclic) bond motifs is 1. The van der Waals surface area contributed by atoms with Gasteiger partial charge in [0.15, 0.2) is 0 Å². The molecule has 1 atom stereocenters. The van der Waals surface area contributed by atoms with Gasteiger partial charge in [-0.2, -0.15) is 0 Å². The number of hydrogen-bond acceptors (Lipinski definition) is 3. The molecule has 0 aliphatic heterocycles. The molecule has 0 fully saturated rings. The van der Waals surface area contributed by atoms with Crippen LogP contribution in [-0.2, 0) is 11.8 Å². The van der Waals surface area contributed by atoms with Crippen molar-refractivity contribution in [3.8, 4) is 0 Å². The number of carbonyl (C=O) groups excluding carboxylic acids is 1. The number of nitrogens with zero attached hydrogens (tertiary/aromatic N) is 1. The van der Waals surface area contributed by atoms with Crippen molar-refractivity contribution in [3.05, 3.63) is 131 Å². The van der Waals surface area contributed by atoms with Crippen LogP contribution in [0, 0.1) is 5.82 Å². The normalized spacial score (nSPS) is 12.5. The molecule has 0 radical (unpaired) electrons. The van der Waals surface area contributed by atoms with Gasteiger partial charge in [0.25, 0.3) is 5.56 Å². The molecule has 0 bridgehead atoms. The molecule has 1 amide bonds. The molecule has 9 heteroatoms. The Labute approximate surface area is 236 Å². The topological polar surface area (TPSA) is 78.9 Å². The summed E-state index contributed by atoms with van der Waals surface area (Å²) in [7, 11) is 3.57. The third-order valence-electron chi connectivity index (χ3n) is 6.23.